The maximum atomic E-state index is 13.6. The first-order valence-corrected chi connectivity index (χ1v) is 10.8. The van der Waals surface area contributed by atoms with Gasteiger partial charge in [0.15, 0.2) is 5.92 Å². The van der Waals surface area contributed by atoms with Gasteiger partial charge in [0.25, 0.3) is 5.92 Å². The molecular formula is C25H24F3N5O3. The highest BCUT2D eigenvalue weighted by molar-refractivity contribution is 6.24. The summed E-state index contributed by atoms with van der Waals surface area (Å²) < 4.78 is 46.0. The first kappa shape index (κ1) is 26.3. The Kier molecular flexibility index (Phi) is 8.03. The molecule has 0 aliphatic carbocycles. The Morgan fingerprint density at radius 3 is 2.28 bits per heavy atom. The van der Waals surface area contributed by atoms with Gasteiger partial charge in [0.2, 0.25) is 18.2 Å². The van der Waals surface area contributed by atoms with Crippen LogP contribution in [0, 0.1) is 11.3 Å². The monoisotopic (exact) mass is 499 g/mol. The van der Waals surface area contributed by atoms with Crippen molar-refractivity contribution in [2.24, 2.45) is 5.92 Å². The highest BCUT2D eigenvalue weighted by Gasteiger charge is 2.30. The van der Waals surface area contributed by atoms with Gasteiger partial charge in [-0.2, -0.15) is 0 Å². The van der Waals surface area contributed by atoms with Crippen molar-refractivity contribution in [1.82, 2.24) is 9.97 Å². The number of rotatable bonds is 9. The van der Waals surface area contributed by atoms with Gasteiger partial charge < -0.3 is 20.8 Å². The molecule has 2 atom stereocenters. The largest absolute Gasteiger partial charge is 0.460 e. The summed E-state index contributed by atoms with van der Waals surface area (Å²) in [6.45, 7) is 3.22. The van der Waals surface area contributed by atoms with Crippen LogP contribution in [-0.2, 0) is 15.5 Å². The molecule has 2 unspecified atom stereocenters. The van der Waals surface area contributed by atoms with Crippen LogP contribution in [0.4, 0.5) is 24.5 Å². The van der Waals surface area contributed by atoms with E-state index in [2.05, 4.69) is 20.6 Å². The summed E-state index contributed by atoms with van der Waals surface area (Å²) in [7, 11) is 0. The minimum Gasteiger partial charge on any atom is -0.460 e. The second-order valence-corrected chi connectivity index (χ2v) is 8.03. The molecule has 0 aliphatic heterocycles. The van der Waals surface area contributed by atoms with Gasteiger partial charge in [0, 0.05) is 54.5 Å². The molecule has 11 heteroatoms. The van der Waals surface area contributed by atoms with E-state index in [0.717, 1.165) is 13.0 Å². The van der Waals surface area contributed by atoms with E-state index in [1.807, 2.05) is 0 Å². The molecule has 1 aromatic heterocycles. The molecule has 188 valence electrons. The summed E-state index contributed by atoms with van der Waals surface area (Å²) in [5, 5.41) is 12.9. The molecule has 8 nitrogen and oxygen atoms in total. The minimum atomic E-state index is -3.12. The van der Waals surface area contributed by atoms with Crippen LogP contribution in [-0.4, -0.2) is 33.9 Å². The fraction of sp³-hybridized carbons (Fsp3) is 0.240. The number of ether oxygens (including phenoxy) is 1. The summed E-state index contributed by atoms with van der Waals surface area (Å²) in [6.07, 6.45) is 2.72. The van der Waals surface area contributed by atoms with Gasteiger partial charge in [-0.1, -0.05) is 12.1 Å². The number of halogens is 3. The van der Waals surface area contributed by atoms with Gasteiger partial charge in [-0.25, -0.2) is 13.2 Å². The summed E-state index contributed by atoms with van der Waals surface area (Å²) >= 11 is 0. The summed E-state index contributed by atoms with van der Waals surface area (Å²) in [4.78, 5) is 34.0. The van der Waals surface area contributed by atoms with E-state index in [1.54, 1.807) is 0 Å². The van der Waals surface area contributed by atoms with Crippen molar-refractivity contribution < 1.29 is 27.5 Å². The Morgan fingerprint density at radius 1 is 1.06 bits per heavy atom. The summed E-state index contributed by atoms with van der Waals surface area (Å²) in [5.74, 6) is -6.19. The predicted octanol–water partition coefficient (Wildman–Crippen LogP) is 5.18. The third-order valence-electron chi connectivity index (χ3n) is 4.97. The fourth-order valence-corrected chi connectivity index (χ4v) is 3.34. The van der Waals surface area contributed by atoms with Gasteiger partial charge in [-0.05, 0) is 37.3 Å². The lowest BCUT2D eigenvalue weighted by atomic mass is 10.0. The van der Waals surface area contributed by atoms with E-state index in [9.17, 15) is 22.8 Å². The molecule has 0 saturated heterocycles. The van der Waals surface area contributed by atoms with Crippen molar-refractivity contribution in [3.05, 3.63) is 66.6 Å². The maximum Gasteiger partial charge on any atom is 0.270 e. The average Bonchev–Trinajstić information content (AvgIpc) is 2.79. The smallest absolute Gasteiger partial charge is 0.270 e. The number of alkyl halides is 3. The molecule has 0 spiro atoms. The molecule has 0 aliphatic rings. The summed E-state index contributed by atoms with van der Waals surface area (Å²) in [5.41, 5.74) is 0.414. The number of benzene rings is 2. The SMILES string of the molecule is CC(=N)C(C(=O)Nc1cccc(C(C)(F)F)c1)C(=O)Nc1ccc(OC(C)F)c(-c2cnccn2)c1. The molecule has 2 amide bonds. The van der Waals surface area contributed by atoms with Crippen LogP contribution in [0.15, 0.2) is 61.1 Å². The number of anilines is 2. The van der Waals surface area contributed by atoms with E-state index in [-0.39, 0.29) is 28.4 Å². The van der Waals surface area contributed by atoms with Gasteiger partial charge in [-0.3, -0.25) is 19.6 Å². The zero-order chi connectivity index (χ0) is 26.5. The number of nitrogens with one attached hydrogen (secondary N) is 3. The van der Waals surface area contributed by atoms with Crippen molar-refractivity contribution in [2.75, 3.05) is 10.6 Å². The zero-order valence-electron chi connectivity index (χ0n) is 19.7. The van der Waals surface area contributed by atoms with Crippen LogP contribution < -0.4 is 15.4 Å². The van der Waals surface area contributed by atoms with Crippen molar-refractivity contribution in [2.45, 2.75) is 33.1 Å². The highest BCUT2D eigenvalue weighted by Crippen LogP contribution is 2.32. The third-order valence-corrected chi connectivity index (χ3v) is 4.97. The molecular weight excluding hydrogens is 475 g/mol. The quantitative estimate of drug-likeness (QED) is 0.277. The number of carbonyl (C=O) groups is 2. The lowest BCUT2D eigenvalue weighted by molar-refractivity contribution is -0.126. The number of hydrogen-bond acceptors (Lipinski definition) is 6. The van der Waals surface area contributed by atoms with Crippen LogP contribution in [0.25, 0.3) is 11.3 Å². The van der Waals surface area contributed by atoms with Crippen molar-refractivity contribution in [3.63, 3.8) is 0 Å². The highest BCUT2D eigenvalue weighted by atomic mass is 19.3. The van der Waals surface area contributed by atoms with Crippen LogP contribution in [0.5, 0.6) is 5.75 Å². The molecule has 0 bridgehead atoms. The lowest BCUT2D eigenvalue weighted by Crippen LogP contribution is -2.38. The molecule has 3 rings (SSSR count). The molecule has 0 radical (unpaired) electrons. The molecule has 1 heterocycles. The summed E-state index contributed by atoms with van der Waals surface area (Å²) in [6, 6.07) is 9.41. The van der Waals surface area contributed by atoms with E-state index >= 15 is 0 Å². The van der Waals surface area contributed by atoms with Crippen molar-refractivity contribution in [1.29, 1.82) is 5.41 Å². The first-order valence-electron chi connectivity index (χ1n) is 10.8. The number of amides is 2. The second kappa shape index (κ2) is 11.0. The van der Waals surface area contributed by atoms with Crippen LogP contribution in [0.2, 0.25) is 0 Å². The first-order chi connectivity index (χ1) is 17.0. The van der Waals surface area contributed by atoms with Crippen molar-refractivity contribution in [3.8, 4) is 17.0 Å². The minimum absolute atomic E-state index is 0.0601. The Bertz CT molecular complexity index is 1260. The standard InChI is InChI=1S/C25H24F3N5O3/c1-14(29)22(23(34)32-17-6-4-5-16(11-17)25(3,27)28)24(35)33-18-7-8-21(36-15(2)26)19(12-18)20-13-30-9-10-31-20/h4-13,15,22,29H,1-3H3,(H,32,34)(H,33,35). The molecule has 2 aromatic carbocycles. The predicted molar refractivity (Wildman–Crippen MR) is 129 cm³/mol. The van der Waals surface area contributed by atoms with E-state index < -0.39 is 30.0 Å². The van der Waals surface area contributed by atoms with Crippen LogP contribution >= 0.6 is 0 Å². The Morgan fingerprint density at radius 2 is 1.72 bits per heavy atom. The van der Waals surface area contributed by atoms with Gasteiger partial charge in [0.05, 0.1) is 11.9 Å². The van der Waals surface area contributed by atoms with Gasteiger partial charge >= 0.3 is 0 Å². The number of aromatic nitrogens is 2. The fourth-order valence-electron chi connectivity index (χ4n) is 3.34. The van der Waals surface area contributed by atoms with Crippen molar-refractivity contribution >= 4 is 28.9 Å². The lowest BCUT2D eigenvalue weighted by Gasteiger charge is -2.18. The molecule has 36 heavy (non-hydrogen) atoms. The van der Waals surface area contributed by atoms with Crippen LogP contribution in [0.3, 0.4) is 0 Å². The number of carbonyl (C=O) groups excluding carboxylic acids is 2. The molecule has 3 N–H and O–H groups in total. The maximum absolute atomic E-state index is 13.6. The van der Waals surface area contributed by atoms with E-state index in [0.29, 0.717) is 11.3 Å². The van der Waals surface area contributed by atoms with Gasteiger partial charge in [0.1, 0.15) is 5.75 Å². The van der Waals surface area contributed by atoms with E-state index in [1.165, 1.54) is 68.8 Å². The third kappa shape index (κ3) is 6.65. The Labute approximate surface area is 205 Å². The Hall–Kier alpha value is -4.28. The Balaban J connectivity index is 1.84. The normalized spacial score (nSPS) is 12.8. The number of hydrogen-bond donors (Lipinski definition) is 3. The van der Waals surface area contributed by atoms with E-state index in [4.69, 9.17) is 10.1 Å². The number of nitrogens with zero attached hydrogens (tertiary/aromatic N) is 2. The topological polar surface area (TPSA) is 117 Å². The second-order valence-electron chi connectivity index (χ2n) is 8.03. The average molecular weight is 499 g/mol. The zero-order valence-corrected chi connectivity index (χ0v) is 19.7. The van der Waals surface area contributed by atoms with Crippen LogP contribution in [0.1, 0.15) is 26.3 Å². The molecule has 3 aromatic rings. The van der Waals surface area contributed by atoms with Gasteiger partial charge in [-0.15, -0.1) is 0 Å². The molecule has 0 fully saturated rings. The molecule has 0 saturated carbocycles.